The Kier molecular flexibility index (Phi) is 3.17. The summed E-state index contributed by atoms with van der Waals surface area (Å²) in [7, 11) is 1.77. The lowest BCUT2D eigenvalue weighted by Crippen LogP contribution is -2.57. The van der Waals surface area contributed by atoms with E-state index in [4.69, 9.17) is 0 Å². The minimum atomic E-state index is -0.0900. The summed E-state index contributed by atoms with van der Waals surface area (Å²) in [5.41, 5.74) is 0. The lowest BCUT2D eigenvalue weighted by Gasteiger charge is -2.44. The van der Waals surface area contributed by atoms with Crippen molar-refractivity contribution in [2.24, 2.45) is 5.92 Å². The first-order valence-electron chi connectivity index (χ1n) is 6.31. The number of fused-ring (bicyclic) bond motifs is 3. The number of nitrogens with one attached hydrogen (secondary N) is 2. The van der Waals surface area contributed by atoms with E-state index in [0.717, 1.165) is 6.54 Å². The van der Waals surface area contributed by atoms with Gasteiger partial charge in [-0.2, -0.15) is 0 Å². The van der Waals surface area contributed by atoms with Crippen LogP contribution in [0.25, 0.3) is 0 Å². The number of amides is 1. The second kappa shape index (κ2) is 4.81. The van der Waals surface area contributed by atoms with Crippen molar-refractivity contribution in [2.75, 3.05) is 32.0 Å². The predicted octanol–water partition coefficient (Wildman–Crippen LogP) is 0.404. The standard InChI is InChI=1S/C11H17N5OS/c1-12-11-15-14-10(18-11)9(17)13-8-6-16-4-2-7(8)3-5-16/h7-8H,2-6H2,1H3,(H,12,15)(H,13,17). The van der Waals surface area contributed by atoms with Gasteiger partial charge in [-0.3, -0.25) is 4.79 Å². The molecule has 7 heteroatoms. The van der Waals surface area contributed by atoms with Crippen LogP contribution in [0.15, 0.2) is 0 Å². The molecule has 2 N–H and O–H groups in total. The number of piperidine rings is 3. The Hall–Kier alpha value is -1.21. The first-order chi connectivity index (χ1) is 8.76. The summed E-state index contributed by atoms with van der Waals surface area (Å²) in [6, 6.07) is 0.280. The van der Waals surface area contributed by atoms with Gasteiger partial charge in [0.05, 0.1) is 0 Å². The first-order valence-corrected chi connectivity index (χ1v) is 7.12. The van der Waals surface area contributed by atoms with Crippen LogP contribution in [-0.2, 0) is 0 Å². The molecule has 1 aromatic heterocycles. The normalized spacial score (nSPS) is 30.2. The quantitative estimate of drug-likeness (QED) is 0.830. The molecular formula is C11H17N5OS. The zero-order valence-corrected chi connectivity index (χ0v) is 11.2. The maximum atomic E-state index is 12.1. The second-order valence-electron chi connectivity index (χ2n) is 4.88. The Morgan fingerprint density at radius 2 is 2.17 bits per heavy atom. The number of hydrogen-bond acceptors (Lipinski definition) is 6. The fraction of sp³-hybridized carbons (Fsp3) is 0.727. The molecule has 0 spiro atoms. The van der Waals surface area contributed by atoms with Crippen LogP contribution in [0.1, 0.15) is 22.6 Å². The number of carbonyl (C=O) groups excluding carboxylic acids is 1. The summed E-state index contributed by atoms with van der Waals surface area (Å²) in [4.78, 5) is 14.5. The fourth-order valence-electron chi connectivity index (χ4n) is 2.77. The minimum absolute atomic E-state index is 0.0900. The largest absolute Gasteiger partial charge is 0.363 e. The third kappa shape index (κ3) is 2.20. The van der Waals surface area contributed by atoms with E-state index in [1.54, 1.807) is 7.05 Å². The van der Waals surface area contributed by atoms with Crippen LogP contribution in [0, 0.1) is 5.92 Å². The summed E-state index contributed by atoms with van der Waals surface area (Å²) >= 11 is 1.29. The van der Waals surface area contributed by atoms with Gasteiger partial charge in [-0.25, -0.2) is 0 Å². The van der Waals surface area contributed by atoms with E-state index < -0.39 is 0 Å². The molecule has 6 nitrogen and oxygen atoms in total. The van der Waals surface area contributed by atoms with Crippen molar-refractivity contribution in [3.05, 3.63) is 5.01 Å². The SMILES string of the molecule is CNc1nnc(C(=O)NC2CN3CCC2CC3)s1. The highest BCUT2D eigenvalue weighted by Crippen LogP contribution is 2.27. The smallest absolute Gasteiger partial charge is 0.282 e. The van der Waals surface area contributed by atoms with Gasteiger partial charge >= 0.3 is 0 Å². The van der Waals surface area contributed by atoms with Gasteiger partial charge in [-0.15, -0.1) is 10.2 Å². The molecule has 3 fully saturated rings. The number of nitrogens with zero attached hydrogens (tertiary/aromatic N) is 3. The molecule has 1 amide bonds. The molecule has 0 saturated carbocycles. The summed E-state index contributed by atoms with van der Waals surface area (Å²) in [6.45, 7) is 3.34. The van der Waals surface area contributed by atoms with Crippen LogP contribution >= 0.6 is 11.3 Å². The van der Waals surface area contributed by atoms with Crippen LogP contribution in [-0.4, -0.2) is 53.7 Å². The monoisotopic (exact) mass is 267 g/mol. The van der Waals surface area contributed by atoms with Gasteiger partial charge in [0.25, 0.3) is 5.91 Å². The van der Waals surface area contributed by atoms with E-state index in [2.05, 4.69) is 25.7 Å². The van der Waals surface area contributed by atoms with Gasteiger partial charge < -0.3 is 15.5 Å². The maximum absolute atomic E-state index is 12.1. The van der Waals surface area contributed by atoms with E-state index in [9.17, 15) is 4.79 Å². The van der Waals surface area contributed by atoms with E-state index >= 15 is 0 Å². The molecule has 0 aromatic carbocycles. The third-order valence-electron chi connectivity index (χ3n) is 3.81. The topological polar surface area (TPSA) is 70.1 Å². The Morgan fingerprint density at radius 1 is 1.39 bits per heavy atom. The molecule has 1 atom stereocenters. The maximum Gasteiger partial charge on any atom is 0.282 e. The molecule has 18 heavy (non-hydrogen) atoms. The molecule has 4 rings (SSSR count). The Bertz CT molecular complexity index is 440. The lowest BCUT2D eigenvalue weighted by atomic mass is 9.84. The Labute approximate surface area is 110 Å². The average molecular weight is 267 g/mol. The molecule has 0 aliphatic carbocycles. The van der Waals surface area contributed by atoms with E-state index in [0.29, 0.717) is 16.1 Å². The van der Waals surface area contributed by atoms with Crippen molar-refractivity contribution in [2.45, 2.75) is 18.9 Å². The zero-order chi connectivity index (χ0) is 12.5. The fourth-order valence-corrected chi connectivity index (χ4v) is 3.37. The van der Waals surface area contributed by atoms with Gasteiger partial charge in [-0.1, -0.05) is 11.3 Å². The average Bonchev–Trinajstić information content (AvgIpc) is 2.89. The number of hydrogen-bond donors (Lipinski definition) is 2. The van der Waals surface area contributed by atoms with Crippen LogP contribution in [0.5, 0.6) is 0 Å². The molecule has 2 bridgehead atoms. The molecule has 1 unspecified atom stereocenters. The highest BCUT2D eigenvalue weighted by atomic mass is 32.1. The lowest BCUT2D eigenvalue weighted by molar-refractivity contribution is 0.0620. The van der Waals surface area contributed by atoms with Crippen molar-refractivity contribution in [3.8, 4) is 0 Å². The van der Waals surface area contributed by atoms with Crippen LogP contribution in [0.2, 0.25) is 0 Å². The summed E-state index contributed by atoms with van der Waals surface area (Å²) in [5.74, 6) is 0.545. The van der Waals surface area contributed by atoms with Crippen molar-refractivity contribution in [3.63, 3.8) is 0 Å². The zero-order valence-electron chi connectivity index (χ0n) is 10.3. The van der Waals surface area contributed by atoms with Crippen molar-refractivity contribution < 1.29 is 4.79 Å². The van der Waals surface area contributed by atoms with Gasteiger partial charge in [0, 0.05) is 19.6 Å². The van der Waals surface area contributed by atoms with Gasteiger partial charge in [0.2, 0.25) is 10.1 Å². The van der Waals surface area contributed by atoms with E-state index in [1.165, 1.54) is 37.3 Å². The number of aromatic nitrogens is 2. The molecule has 3 aliphatic heterocycles. The van der Waals surface area contributed by atoms with Crippen LogP contribution in [0.3, 0.4) is 0 Å². The van der Waals surface area contributed by atoms with Gasteiger partial charge in [0.1, 0.15) is 0 Å². The van der Waals surface area contributed by atoms with E-state index in [-0.39, 0.29) is 11.9 Å². The van der Waals surface area contributed by atoms with Crippen molar-refractivity contribution >= 4 is 22.4 Å². The summed E-state index contributed by atoms with van der Waals surface area (Å²) in [6.07, 6.45) is 2.39. The van der Waals surface area contributed by atoms with E-state index in [1.807, 2.05) is 0 Å². The summed E-state index contributed by atoms with van der Waals surface area (Å²) < 4.78 is 0. The predicted molar refractivity (Wildman–Crippen MR) is 69.9 cm³/mol. The second-order valence-corrected chi connectivity index (χ2v) is 5.86. The molecule has 1 aromatic rings. The highest BCUT2D eigenvalue weighted by molar-refractivity contribution is 7.17. The van der Waals surface area contributed by atoms with Crippen LogP contribution < -0.4 is 10.6 Å². The molecule has 98 valence electrons. The van der Waals surface area contributed by atoms with Crippen molar-refractivity contribution in [1.29, 1.82) is 0 Å². The number of carbonyl (C=O) groups is 1. The Morgan fingerprint density at radius 3 is 2.72 bits per heavy atom. The van der Waals surface area contributed by atoms with Crippen molar-refractivity contribution in [1.82, 2.24) is 20.4 Å². The molecular weight excluding hydrogens is 250 g/mol. The Balaban J connectivity index is 1.64. The first kappa shape index (κ1) is 11.9. The third-order valence-corrected chi connectivity index (χ3v) is 4.75. The van der Waals surface area contributed by atoms with Crippen LogP contribution in [0.4, 0.5) is 5.13 Å². The molecule has 3 saturated heterocycles. The minimum Gasteiger partial charge on any atom is -0.363 e. The van der Waals surface area contributed by atoms with Gasteiger partial charge in [-0.05, 0) is 31.8 Å². The number of rotatable bonds is 3. The molecule has 0 radical (unpaired) electrons. The highest BCUT2D eigenvalue weighted by Gasteiger charge is 2.35. The van der Waals surface area contributed by atoms with Gasteiger partial charge in [0.15, 0.2) is 0 Å². The number of anilines is 1. The molecule has 3 aliphatic rings. The summed E-state index contributed by atoms with van der Waals surface area (Å²) in [5, 5.41) is 14.9. The molecule has 4 heterocycles.